The molecule has 8 aliphatic heterocycles. The first-order valence-corrected chi connectivity index (χ1v) is 31.3. The van der Waals surface area contributed by atoms with Gasteiger partial charge in [0.2, 0.25) is 0 Å². The zero-order valence-corrected chi connectivity index (χ0v) is 58.5. The summed E-state index contributed by atoms with van der Waals surface area (Å²) in [5.41, 5.74) is -6.28. The summed E-state index contributed by atoms with van der Waals surface area (Å²) in [6.07, 6.45) is 29.2. The second-order valence-electron chi connectivity index (χ2n) is 22.9. The predicted molar refractivity (Wildman–Crippen MR) is 390 cm³/mol. The van der Waals surface area contributed by atoms with E-state index in [4.69, 9.17) is 0 Å². The van der Waals surface area contributed by atoms with Crippen LogP contribution in [0.15, 0.2) is 146 Å². The summed E-state index contributed by atoms with van der Waals surface area (Å²) in [5.74, 6) is -5.73. The Hall–Kier alpha value is -15.0. The molecule has 12 rings (SSSR count). The largest absolute Gasteiger partial charge is 0.391 e. The predicted octanol–water partition coefficient (Wildman–Crippen LogP) is 5.97. The minimum absolute atomic E-state index is 0.217. The Kier molecular flexibility index (Phi) is 29.6. The van der Waals surface area contributed by atoms with Gasteiger partial charge in [-0.2, -0.15) is 0 Å². The Morgan fingerprint density at radius 3 is 0.463 bits per heavy atom. The third-order valence-corrected chi connectivity index (χ3v) is 14.6. The van der Waals surface area contributed by atoms with Crippen molar-refractivity contribution in [2.24, 2.45) is 0 Å². The molecule has 568 valence electrons. The van der Waals surface area contributed by atoms with Gasteiger partial charge in [0.05, 0.1) is 62.1 Å². The van der Waals surface area contributed by atoms with Crippen molar-refractivity contribution in [1.82, 2.24) is 21.3 Å². The van der Waals surface area contributed by atoms with Crippen LogP contribution < -0.4 is 60.5 Å². The van der Waals surface area contributed by atoms with E-state index in [1.54, 1.807) is 0 Å². The molecule has 0 aromatic heterocycles. The summed E-state index contributed by atoms with van der Waals surface area (Å²) in [4.78, 5) is 184. The fourth-order valence-corrected chi connectivity index (χ4v) is 10.1. The first kappa shape index (κ1) is 83.6. The third kappa shape index (κ3) is 21.5. The average molecular weight is 1500 g/mol. The van der Waals surface area contributed by atoms with Crippen molar-refractivity contribution in [3.05, 3.63) is 227 Å². The molecule has 0 bridgehead atoms. The molecule has 4 aromatic carbocycles. The van der Waals surface area contributed by atoms with Crippen molar-refractivity contribution < 1.29 is 77.7 Å². The van der Waals surface area contributed by atoms with Crippen LogP contribution in [0.4, 0.5) is 91.0 Å². The van der Waals surface area contributed by atoms with Crippen molar-refractivity contribution in [2.75, 3.05) is 122 Å². The first-order valence-electron chi connectivity index (χ1n) is 31.3. The molecule has 4 N–H and O–H groups in total. The lowest BCUT2D eigenvalue weighted by atomic mass is 10.1. The Labute approximate surface area is 609 Å². The van der Waals surface area contributed by atoms with Crippen LogP contribution in [0, 0.1) is 80.9 Å². The van der Waals surface area contributed by atoms with Gasteiger partial charge in [-0.15, -0.1) is 0 Å². The van der Waals surface area contributed by atoms with E-state index in [9.17, 15) is 119 Å². The second-order valence-corrected chi connectivity index (χ2v) is 22.9. The van der Waals surface area contributed by atoms with E-state index < -0.39 is 132 Å². The molecule has 8 amide bonds. The number of imide groups is 4. The molecule has 8 aliphatic rings. The maximum Gasteiger partial charge on any atom is 0.301 e. The molecular weight excluding hydrogens is 1430 g/mol. The number of nitrogens with zero attached hydrogens (tertiary/aromatic N) is 16. The summed E-state index contributed by atoms with van der Waals surface area (Å²) >= 11 is 0. The quantitative estimate of drug-likeness (QED) is 0.0570. The number of nitro benzene ring substituents is 8. The van der Waals surface area contributed by atoms with Crippen LogP contribution in [0.3, 0.4) is 0 Å². The summed E-state index contributed by atoms with van der Waals surface area (Å²) in [6.45, 7) is 4.56. The molecule has 0 aliphatic carbocycles. The molecule has 108 heavy (non-hydrogen) atoms. The van der Waals surface area contributed by atoms with Crippen molar-refractivity contribution in [1.29, 1.82) is 0 Å². The minimum atomic E-state index is -0.801. The number of nitro groups is 8. The maximum atomic E-state index is 11.6. The summed E-state index contributed by atoms with van der Waals surface area (Å²) in [7, 11) is 11.4. The molecule has 44 nitrogen and oxygen atoms in total. The monoisotopic (exact) mass is 1500 g/mol. The van der Waals surface area contributed by atoms with Crippen LogP contribution in [0.2, 0.25) is 0 Å². The van der Waals surface area contributed by atoms with Crippen LogP contribution >= 0.6 is 0 Å². The minimum Gasteiger partial charge on any atom is -0.391 e. The van der Waals surface area contributed by atoms with Gasteiger partial charge in [0.1, 0.15) is 0 Å². The highest BCUT2D eigenvalue weighted by Gasteiger charge is 2.39. The Morgan fingerprint density at radius 2 is 0.389 bits per heavy atom. The second kappa shape index (κ2) is 38.3. The molecule has 0 radical (unpaired) electrons. The molecule has 0 atom stereocenters. The van der Waals surface area contributed by atoms with Gasteiger partial charge < -0.3 is 40.9 Å². The van der Waals surface area contributed by atoms with Crippen LogP contribution in [-0.2, 0) is 38.4 Å². The summed E-state index contributed by atoms with van der Waals surface area (Å²) < 4.78 is 0. The van der Waals surface area contributed by atoms with Crippen molar-refractivity contribution in [3.8, 4) is 0 Å². The smallest absolute Gasteiger partial charge is 0.301 e. The van der Waals surface area contributed by atoms with Crippen LogP contribution in [0.25, 0.3) is 0 Å². The lowest BCUT2D eigenvalue weighted by molar-refractivity contribution is -0.392. The lowest BCUT2D eigenvalue weighted by Gasteiger charge is -2.17. The molecule has 0 fully saturated rings. The fourth-order valence-electron chi connectivity index (χ4n) is 10.1. The van der Waals surface area contributed by atoms with Crippen LogP contribution in [0.5, 0.6) is 0 Å². The van der Waals surface area contributed by atoms with Crippen LogP contribution in [-0.4, -0.2) is 169 Å². The van der Waals surface area contributed by atoms with E-state index in [2.05, 4.69) is 45.6 Å². The molecule has 0 saturated heterocycles. The van der Waals surface area contributed by atoms with E-state index in [0.717, 1.165) is 123 Å². The fraction of sp³-hybridized carbons (Fsp3) is 0.250. The van der Waals surface area contributed by atoms with Crippen molar-refractivity contribution >= 4 is 138 Å². The van der Waals surface area contributed by atoms with E-state index >= 15 is 0 Å². The van der Waals surface area contributed by atoms with Gasteiger partial charge in [-0.05, 0) is 50.5 Å². The normalized spacial score (nSPS) is 14.7. The van der Waals surface area contributed by atoms with Gasteiger partial charge in [-0.1, -0.05) is 24.3 Å². The number of carbonyl (C=O) groups excluding carboxylic acids is 8. The Balaban J connectivity index is 0.000000236. The van der Waals surface area contributed by atoms with Crippen molar-refractivity contribution in [2.45, 2.75) is 25.7 Å². The molecule has 8 heterocycles. The first-order chi connectivity index (χ1) is 50.9. The molecule has 44 heteroatoms. The molecule has 0 saturated carbocycles. The summed E-state index contributed by atoms with van der Waals surface area (Å²) in [6, 6.07) is 7.71. The topological polar surface area (TPSA) is 556 Å². The highest BCUT2D eigenvalue weighted by Crippen LogP contribution is 2.45. The van der Waals surface area contributed by atoms with Gasteiger partial charge in [0.25, 0.3) is 47.3 Å². The van der Waals surface area contributed by atoms with E-state index in [1.807, 2.05) is 24.8 Å². The number of carbonyl (C=O) groups is 8. The van der Waals surface area contributed by atoms with Gasteiger partial charge in [0.15, 0.2) is 22.7 Å². The number of nitrogens with one attached hydrogen (secondary N) is 4. The Bertz CT molecular complexity index is 3770. The van der Waals surface area contributed by atoms with Gasteiger partial charge in [-0.3, -0.25) is 119 Å². The Morgan fingerprint density at radius 1 is 0.259 bits per heavy atom. The highest BCUT2D eigenvalue weighted by molar-refractivity contribution is 6.30. The standard InChI is InChI=1S/4C12H10N4O6.4C4H7N/c4*1-13(2)12-8(15(19)20)5-7(6-9(12)16(21)22)14-10(17)3-4-11(14)18;4*1-2-4-5-3-1/h4*3-6H,1-2H3;4*1,3,5H,2,4H2. The van der Waals surface area contributed by atoms with E-state index in [-0.39, 0.29) is 45.5 Å². The van der Waals surface area contributed by atoms with Gasteiger partial charge >= 0.3 is 45.5 Å². The number of hydrogen-bond donors (Lipinski definition) is 4. The number of rotatable bonds is 16. The molecule has 0 unspecified atom stereocenters. The zero-order valence-electron chi connectivity index (χ0n) is 58.5. The van der Waals surface area contributed by atoms with Gasteiger partial charge in [0, 0.05) is 180 Å². The third-order valence-electron chi connectivity index (χ3n) is 14.6. The van der Waals surface area contributed by atoms with Crippen molar-refractivity contribution in [3.63, 3.8) is 0 Å². The van der Waals surface area contributed by atoms with E-state index in [1.165, 1.54) is 102 Å². The zero-order chi connectivity index (χ0) is 80.5. The number of amides is 8. The lowest BCUT2D eigenvalue weighted by Crippen LogP contribution is -2.29. The molecule has 4 aromatic rings. The molecule has 0 spiro atoms. The molecular formula is C64H68N20O24. The number of benzene rings is 4. The number of anilines is 8. The van der Waals surface area contributed by atoms with Crippen LogP contribution in [0.1, 0.15) is 25.7 Å². The summed E-state index contributed by atoms with van der Waals surface area (Å²) in [5, 5.41) is 102. The average Bonchev–Trinajstić information content (AvgIpc) is 1.81. The number of hydrogen-bond acceptors (Lipinski definition) is 32. The van der Waals surface area contributed by atoms with Gasteiger partial charge in [-0.25, -0.2) is 19.6 Å². The highest BCUT2D eigenvalue weighted by atomic mass is 16.7. The maximum absolute atomic E-state index is 11.6. The van der Waals surface area contributed by atoms with E-state index in [0.29, 0.717) is 19.6 Å². The SMILES string of the molecule is C1=CNCC1.C1=CNCC1.C1=CNCC1.C1=CNCC1.CN(C)c1c([N+](=O)[O-])cc(N2C(=O)C=CC2=O)cc1[N+](=O)[O-].CN(C)c1c([N+](=O)[O-])cc(N2C(=O)C=CC2=O)cc1[N+](=O)[O-].CN(C)c1c([N+](=O)[O-])cc(N2C(=O)C=CC2=O)cc1[N+](=O)[O-].CN(C)c1c([N+](=O)[O-])cc(N2C(=O)C=CC2=O)cc1[N+](=O)[O-].